The number of hydrogen-bond acceptors (Lipinski definition) is 3. The Kier molecular flexibility index (Phi) is 3.98. The van der Waals surface area contributed by atoms with Crippen LogP contribution in [-0.4, -0.2) is 48.6 Å². The Bertz CT molecular complexity index is 303. The number of hydrogen-bond donors (Lipinski definition) is 0. The van der Waals surface area contributed by atoms with E-state index < -0.39 is 0 Å². The minimum Gasteiger partial charge on any atom is -0.298 e. The molecule has 2 fully saturated rings. The van der Waals surface area contributed by atoms with E-state index in [-0.39, 0.29) is 0 Å². The maximum atomic E-state index is 8.71. The summed E-state index contributed by atoms with van der Waals surface area (Å²) in [4.78, 5) is 5.12. The molecule has 1 atom stereocenters. The summed E-state index contributed by atoms with van der Waals surface area (Å²) in [6.45, 7) is 7.69. The summed E-state index contributed by atoms with van der Waals surface area (Å²) >= 11 is 0. The fourth-order valence-electron chi connectivity index (χ4n) is 2.70. The van der Waals surface area contributed by atoms with Gasteiger partial charge in [0.15, 0.2) is 0 Å². The molecule has 0 aromatic rings. The predicted octanol–water partition coefficient (Wildman–Crippen LogP) is 1.63. The SMILES string of the molecule is C/C(C#N)=C\CN1CCN2CCCCC2C1. The highest BCUT2D eigenvalue weighted by Crippen LogP contribution is 2.20. The van der Waals surface area contributed by atoms with E-state index in [0.717, 1.165) is 24.7 Å². The van der Waals surface area contributed by atoms with Crippen LogP contribution in [0.1, 0.15) is 26.2 Å². The Morgan fingerprint density at radius 1 is 1.38 bits per heavy atom. The van der Waals surface area contributed by atoms with Gasteiger partial charge in [0.2, 0.25) is 0 Å². The summed E-state index contributed by atoms with van der Waals surface area (Å²) in [6.07, 6.45) is 6.18. The number of nitriles is 1. The number of piperazine rings is 1. The van der Waals surface area contributed by atoms with E-state index in [2.05, 4.69) is 21.9 Å². The van der Waals surface area contributed by atoms with Crippen molar-refractivity contribution < 1.29 is 0 Å². The standard InChI is InChI=1S/C13H21N3/c1-12(10-14)5-7-15-8-9-16-6-3-2-4-13(16)11-15/h5,13H,2-4,6-9,11H2,1H3/b12-5+. The molecule has 0 aromatic heterocycles. The fraction of sp³-hybridized carbons (Fsp3) is 0.769. The quantitative estimate of drug-likeness (QED) is 0.661. The van der Waals surface area contributed by atoms with E-state index in [9.17, 15) is 0 Å². The molecule has 2 rings (SSSR count). The number of piperidine rings is 1. The molecule has 3 nitrogen and oxygen atoms in total. The third kappa shape index (κ3) is 2.84. The van der Waals surface area contributed by atoms with Crippen LogP contribution in [0.4, 0.5) is 0 Å². The minimum atomic E-state index is 0.776. The van der Waals surface area contributed by atoms with Crippen molar-refractivity contribution in [2.24, 2.45) is 0 Å². The highest BCUT2D eigenvalue weighted by Gasteiger charge is 2.28. The van der Waals surface area contributed by atoms with Crippen molar-refractivity contribution in [3.8, 4) is 6.07 Å². The van der Waals surface area contributed by atoms with Crippen LogP contribution in [0.2, 0.25) is 0 Å². The molecule has 0 aliphatic carbocycles. The van der Waals surface area contributed by atoms with Crippen molar-refractivity contribution >= 4 is 0 Å². The Labute approximate surface area is 98.3 Å². The second-order valence-electron chi connectivity index (χ2n) is 4.94. The molecule has 2 saturated heterocycles. The molecule has 0 aromatic carbocycles. The van der Waals surface area contributed by atoms with Crippen molar-refractivity contribution in [3.05, 3.63) is 11.6 Å². The molecular formula is C13H21N3. The summed E-state index contributed by atoms with van der Waals surface area (Å²) in [7, 11) is 0. The van der Waals surface area contributed by atoms with Gasteiger partial charge < -0.3 is 0 Å². The van der Waals surface area contributed by atoms with Gasteiger partial charge in [0.05, 0.1) is 6.07 Å². The van der Waals surface area contributed by atoms with Crippen molar-refractivity contribution in [1.82, 2.24) is 9.80 Å². The molecule has 0 saturated carbocycles. The zero-order valence-electron chi connectivity index (χ0n) is 10.2. The molecule has 2 aliphatic rings. The number of rotatable bonds is 2. The first kappa shape index (κ1) is 11.6. The lowest BCUT2D eigenvalue weighted by Crippen LogP contribution is -2.54. The van der Waals surface area contributed by atoms with Gasteiger partial charge in [0, 0.05) is 37.8 Å². The highest BCUT2D eigenvalue weighted by atomic mass is 15.3. The van der Waals surface area contributed by atoms with Crippen LogP contribution in [0.25, 0.3) is 0 Å². The molecule has 0 N–H and O–H groups in total. The Balaban J connectivity index is 1.83. The smallest absolute Gasteiger partial charge is 0.0941 e. The first-order valence-corrected chi connectivity index (χ1v) is 6.33. The van der Waals surface area contributed by atoms with Gasteiger partial charge in [-0.1, -0.05) is 12.5 Å². The van der Waals surface area contributed by atoms with Crippen molar-refractivity contribution in [2.45, 2.75) is 32.2 Å². The molecule has 0 bridgehead atoms. The summed E-state index contributed by atoms with van der Waals surface area (Å²) in [5.41, 5.74) is 0.839. The molecule has 0 spiro atoms. The summed E-state index contributed by atoms with van der Waals surface area (Å²) in [6, 6.07) is 2.96. The van der Waals surface area contributed by atoms with E-state index in [1.807, 2.05) is 6.92 Å². The van der Waals surface area contributed by atoms with E-state index in [1.54, 1.807) is 0 Å². The van der Waals surface area contributed by atoms with Crippen LogP contribution in [0, 0.1) is 11.3 Å². The number of fused-ring (bicyclic) bond motifs is 1. The second-order valence-corrected chi connectivity index (χ2v) is 4.94. The largest absolute Gasteiger partial charge is 0.298 e. The van der Waals surface area contributed by atoms with Gasteiger partial charge >= 0.3 is 0 Å². The summed E-state index contributed by atoms with van der Waals surface area (Å²) in [5.74, 6) is 0. The average molecular weight is 219 g/mol. The number of allylic oxidation sites excluding steroid dienone is 1. The first-order valence-electron chi connectivity index (χ1n) is 6.33. The van der Waals surface area contributed by atoms with Crippen LogP contribution in [0.5, 0.6) is 0 Å². The van der Waals surface area contributed by atoms with Gasteiger partial charge in [-0.25, -0.2) is 0 Å². The summed E-state index contributed by atoms with van der Waals surface area (Å²) < 4.78 is 0. The highest BCUT2D eigenvalue weighted by molar-refractivity contribution is 5.17. The third-order valence-electron chi connectivity index (χ3n) is 3.75. The third-order valence-corrected chi connectivity index (χ3v) is 3.75. The molecule has 3 heteroatoms. The maximum Gasteiger partial charge on any atom is 0.0941 e. The maximum absolute atomic E-state index is 8.71. The van der Waals surface area contributed by atoms with Gasteiger partial charge in [0.25, 0.3) is 0 Å². The lowest BCUT2D eigenvalue weighted by atomic mass is 9.99. The van der Waals surface area contributed by atoms with Crippen molar-refractivity contribution in [1.29, 1.82) is 5.26 Å². The van der Waals surface area contributed by atoms with Crippen LogP contribution >= 0.6 is 0 Å². The van der Waals surface area contributed by atoms with E-state index in [0.29, 0.717) is 0 Å². The Morgan fingerprint density at radius 2 is 2.25 bits per heavy atom. The Hall–Kier alpha value is -0.850. The lowest BCUT2D eigenvalue weighted by Gasteiger charge is -2.43. The minimum absolute atomic E-state index is 0.776. The number of nitrogens with zero attached hydrogens (tertiary/aromatic N) is 3. The molecule has 2 aliphatic heterocycles. The summed E-state index contributed by atoms with van der Waals surface area (Å²) in [5, 5.41) is 8.71. The molecule has 2 heterocycles. The van der Waals surface area contributed by atoms with Crippen LogP contribution in [0.15, 0.2) is 11.6 Å². The lowest BCUT2D eigenvalue weighted by molar-refractivity contribution is 0.0552. The van der Waals surface area contributed by atoms with Crippen LogP contribution in [-0.2, 0) is 0 Å². The molecule has 16 heavy (non-hydrogen) atoms. The van der Waals surface area contributed by atoms with E-state index >= 15 is 0 Å². The van der Waals surface area contributed by atoms with E-state index in [1.165, 1.54) is 38.9 Å². The van der Waals surface area contributed by atoms with Crippen LogP contribution < -0.4 is 0 Å². The van der Waals surface area contributed by atoms with Gasteiger partial charge in [0.1, 0.15) is 0 Å². The average Bonchev–Trinajstić information content (AvgIpc) is 2.35. The topological polar surface area (TPSA) is 30.3 Å². The van der Waals surface area contributed by atoms with Gasteiger partial charge in [-0.15, -0.1) is 0 Å². The Morgan fingerprint density at radius 3 is 3.06 bits per heavy atom. The van der Waals surface area contributed by atoms with Crippen molar-refractivity contribution in [3.63, 3.8) is 0 Å². The fourth-order valence-corrected chi connectivity index (χ4v) is 2.70. The molecule has 1 unspecified atom stereocenters. The van der Waals surface area contributed by atoms with E-state index in [4.69, 9.17) is 5.26 Å². The van der Waals surface area contributed by atoms with Crippen molar-refractivity contribution in [2.75, 3.05) is 32.7 Å². The normalized spacial score (nSPS) is 28.5. The second kappa shape index (κ2) is 5.47. The molecular weight excluding hydrogens is 198 g/mol. The molecule has 0 radical (unpaired) electrons. The molecule has 0 amide bonds. The zero-order valence-corrected chi connectivity index (χ0v) is 10.2. The van der Waals surface area contributed by atoms with Gasteiger partial charge in [-0.05, 0) is 26.3 Å². The monoisotopic (exact) mass is 219 g/mol. The van der Waals surface area contributed by atoms with Gasteiger partial charge in [-0.2, -0.15) is 5.26 Å². The predicted molar refractivity (Wildman–Crippen MR) is 65.0 cm³/mol. The van der Waals surface area contributed by atoms with Gasteiger partial charge in [-0.3, -0.25) is 9.80 Å². The van der Waals surface area contributed by atoms with Crippen LogP contribution in [0.3, 0.4) is 0 Å². The molecule has 88 valence electrons. The first-order chi connectivity index (χ1) is 7.79. The zero-order chi connectivity index (χ0) is 11.4.